The average Bonchev–Trinajstić information content (AvgIpc) is 2.52. The summed E-state index contributed by atoms with van der Waals surface area (Å²) in [5.74, 6) is 0.460. The van der Waals surface area contributed by atoms with Gasteiger partial charge in [0.1, 0.15) is 5.69 Å². The lowest BCUT2D eigenvalue weighted by molar-refractivity contribution is 0.0956. The molecule has 0 aliphatic heterocycles. The molecule has 3 N–H and O–H groups in total. The van der Waals surface area contributed by atoms with Gasteiger partial charge < -0.3 is 15.6 Å². The van der Waals surface area contributed by atoms with E-state index in [0.29, 0.717) is 11.6 Å². The van der Waals surface area contributed by atoms with Crippen LogP contribution in [0, 0.1) is 5.92 Å². The molecule has 0 atom stereocenters. The number of hydrogen-bond acceptors (Lipinski definition) is 2. The van der Waals surface area contributed by atoms with Gasteiger partial charge in [0.25, 0.3) is 5.91 Å². The van der Waals surface area contributed by atoms with E-state index >= 15 is 0 Å². The van der Waals surface area contributed by atoms with Crippen molar-refractivity contribution in [1.29, 1.82) is 0 Å². The van der Waals surface area contributed by atoms with Gasteiger partial charge in [-0.15, -0.1) is 0 Å². The van der Waals surface area contributed by atoms with Gasteiger partial charge >= 0.3 is 0 Å². The number of aryl methyl sites for hydroxylation is 1. The highest BCUT2D eigenvalue weighted by Gasteiger charge is 2.27. The largest absolute Gasteiger partial charge is 0.386 e. The lowest BCUT2D eigenvalue weighted by atomic mass is 9.83. The van der Waals surface area contributed by atoms with Gasteiger partial charge in [-0.2, -0.15) is 0 Å². The maximum absolute atomic E-state index is 12.3. The summed E-state index contributed by atoms with van der Waals surface area (Å²) >= 11 is 0. The quantitative estimate of drug-likeness (QED) is 0.889. The number of rotatable bonds is 4. The van der Waals surface area contributed by atoms with Crippen molar-refractivity contribution in [3.05, 3.63) is 35.4 Å². The van der Waals surface area contributed by atoms with Gasteiger partial charge in [-0.05, 0) is 28.9 Å². The molecule has 112 valence electrons. The van der Waals surface area contributed by atoms with Gasteiger partial charge in [0.15, 0.2) is 0 Å². The molecule has 1 aromatic rings. The van der Waals surface area contributed by atoms with Crippen LogP contribution in [0.5, 0.6) is 0 Å². The van der Waals surface area contributed by atoms with E-state index in [9.17, 15) is 4.79 Å². The number of nitrogens with zero attached hydrogens (tertiary/aromatic N) is 1. The van der Waals surface area contributed by atoms with Crippen molar-refractivity contribution < 1.29 is 4.79 Å². The van der Waals surface area contributed by atoms with E-state index in [-0.39, 0.29) is 17.1 Å². The van der Waals surface area contributed by atoms with Gasteiger partial charge in [0, 0.05) is 13.2 Å². The molecule has 1 amide bonds. The fourth-order valence-corrected chi connectivity index (χ4v) is 2.44. The molecule has 1 rings (SSSR count). The Kier molecular flexibility index (Phi) is 4.69. The summed E-state index contributed by atoms with van der Waals surface area (Å²) in [5.41, 5.74) is 8.48. The van der Waals surface area contributed by atoms with Gasteiger partial charge in [0.05, 0.1) is 5.82 Å². The maximum atomic E-state index is 12.3. The highest BCUT2D eigenvalue weighted by atomic mass is 16.2. The van der Waals surface area contributed by atoms with E-state index in [1.807, 2.05) is 17.8 Å². The van der Waals surface area contributed by atoms with Crippen molar-refractivity contribution in [2.45, 2.75) is 46.5 Å². The number of nitrogens with two attached hydrogens (primary N) is 1. The van der Waals surface area contributed by atoms with Crippen molar-refractivity contribution in [3.63, 3.8) is 0 Å². The summed E-state index contributed by atoms with van der Waals surface area (Å²) in [7, 11) is 1.90. The normalized spacial score (nSPS) is 11.8. The molecule has 0 unspecified atom stereocenters. The third-order valence-electron chi connectivity index (χ3n) is 3.20. The number of hydrogen-bond donors (Lipinski definition) is 2. The zero-order valence-corrected chi connectivity index (χ0v) is 13.5. The van der Waals surface area contributed by atoms with Crippen LogP contribution in [0.3, 0.4) is 0 Å². The van der Waals surface area contributed by atoms with Crippen molar-refractivity contribution in [2.75, 3.05) is 0 Å². The van der Waals surface area contributed by atoms with Gasteiger partial charge in [-0.1, -0.05) is 41.2 Å². The van der Waals surface area contributed by atoms with Crippen LogP contribution in [0.15, 0.2) is 18.6 Å². The van der Waals surface area contributed by atoms with Crippen molar-refractivity contribution in [2.24, 2.45) is 18.7 Å². The van der Waals surface area contributed by atoms with Gasteiger partial charge in [-0.25, -0.2) is 0 Å². The lowest BCUT2D eigenvalue weighted by Crippen LogP contribution is -2.29. The summed E-state index contributed by atoms with van der Waals surface area (Å²) in [6.45, 7) is 14.3. The molecular formula is C16H27N3O. The smallest absolute Gasteiger partial charge is 0.273 e. The maximum Gasteiger partial charge on any atom is 0.273 e. The summed E-state index contributed by atoms with van der Waals surface area (Å²) < 4.78 is 1.89. The Morgan fingerprint density at radius 2 is 2.00 bits per heavy atom. The minimum Gasteiger partial charge on any atom is -0.386 e. The molecule has 0 saturated heterocycles. The zero-order chi connectivity index (χ0) is 15.7. The van der Waals surface area contributed by atoms with E-state index < -0.39 is 0 Å². The van der Waals surface area contributed by atoms with Crippen LogP contribution in [-0.4, -0.2) is 10.5 Å². The average molecular weight is 277 g/mol. The second kappa shape index (κ2) is 5.73. The summed E-state index contributed by atoms with van der Waals surface area (Å²) in [6, 6.07) is 0. The number of amides is 1. The predicted molar refractivity (Wildman–Crippen MR) is 83.4 cm³/mol. The van der Waals surface area contributed by atoms with Gasteiger partial charge in [0.2, 0.25) is 0 Å². The fraction of sp³-hybridized carbons (Fsp3) is 0.562. The first-order chi connectivity index (χ1) is 9.04. The molecule has 0 fully saturated rings. The Hall–Kier alpha value is -1.71. The summed E-state index contributed by atoms with van der Waals surface area (Å²) in [5, 5.41) is 2.60. The van der Waals surface area contributed by atoms with E-state index in [4.69, 9.17) is 5.73 Å². The Labute approximate surface area is 122 Å². The van der Waals surface area contributed by atoms with Crippen LogP contribution >= 0.6 is 0 Å². The molecule has 20 heavy (non-hydrogen) atoms. The zero-order valence-electron chi connectivity index (χ0n) is 13.5. The summed E-state index contributed by atoms with van der Waals surface area (Å²) in [4.78, 5) is 12.3. The van der Waals surface area contributed by atoms with E-state index in [2.05, 4.69) is 46.5 Å². The first-order valence-corrected chi connectivity index (χ1v) is 6.98. The predicted octanol–water partition coefficient (Wildman–Crippen LogP) is 2.68. The molecule has 0 radical (unpaired) electrons. The molecule has 0 aromatic carbocycles. The van der Waals surface area contributed by atoms with Gasteiger partial charge in [-0.3, -0.25) is 4.79 Å². The van der Waals surface area contributed by atoms with E-state index in [0.717, 1.165) is 12.0 Å². The third-order valence-corrected chi connectivity index (χ3v) is 3.20. The third kappa shape index (κ3) is 3.65. The number of nitrogens with one attached hydrogen (secondary N) is 1. The molecule has 0 spiro atoms. The fourth-order valence-electron chi connectivity index (χ4n) is 2.44. The minimum absolute atomic E-state index is 0.000235. The van der Waals surface area contributed by atoms with Crippen LogP contribution in [0.1, 0.15) is 56.2 Å². The van der Waals surface area contributed by atoms with Crippen molar-refractivity contribution in [3.8, 4) is 0 Å². The Morgan fingerprint density at radius 1 is 1.45 bits per heavy atom. The molecule has 1 heterocycles. The molecule has 0 saturated carbocycles. The second-order valence-electron chi connectivity index (χ2n) is 6.81. The van der Waals surface area contributed by atoms with Crippen molar-refractivity contribution >= 4 is 5.91 Å². The SMILES string of the molecule is C=C(N)NC(=O)c1c(CC(C)C)c(C(C)(C)C)cn1C. The van der Waals surface area contributed by atoms with Crippen molar-refractivity contribution in [1.82, 2.24) is 9.88 Å². The highest BCUT2D eigenvalue weighted by Crippen LogP contribution is 2.31. The first-order valence-electron chi connectivity index (χ1n) is 6.98. The standard InChI is InChI=1S/C16H27N3O/c1-10(2)8-12-13(16(4,5)6)9-19(7)14(12)15(20)18-11(3)17/h9-10H,3,8,17H2,1-2,4-7H3,(H,18,20). The molecule has 4 nitrogen and oxygen atoms in total. The lowest BCUT2D eigenvalue weighted by Gasteiger charge is -2.21. The minimum atomic E-state index is -0.189. The number of carbonyl (C=O) groups excluding carboxylic acids is 1. The second-order valence-corrected chi connectivity index (χ2v) is 6.81. The molecule has 1 aromatic heterocycles. The van der Waals surface area contributed by atoms with Crippen LogP contribution < -0.4 is 11.1 Å². The number of carbonyl (C=O) groups is 1. The van der Waals surface area contributed by atoms with Crippen LogP contribution in [0.4, 0.5) is 0 Å². The van der Waals surface area contributed by atoms with Crippen LogP contribution in [0.25, 0.3) is 0 Å². The first kappa shape index (κ1) is 16.3. The monoisotopic (exact) mass is 277 g/mol. The topological polar surface area (TPSA) is 60.0 Å². The molecule has 0 bridgehead atoms. The van der Waals surface area contributed by atoms with E-state index in [1.165, 1.54) is 5.56 Å². The summed E-state index contributed by atoms with van der Waals surface area (Å²) in [6.07, 6.45) is 2.92. The molecule has 0 aliphatic rings. The Morgan fingerprint density at radius 3 is 2.40 bits per heavy atom. The number of aromatic nitrogens is 1. The molecular weight excluding hydrogens is 250 g/mol. The van der Waals surface area contributed by atoms with Crippen LogP contribution in [-0.2, 0) is 18.9 Å². The molecule has 0 aliphatic carbocycles. The Balaban J connectivity index is 3.38. The highest BCUT2D eigenvalue weighted by molar-refractivity contribution is 5.95. The Bertz CT molecular complexity index is 519. The van der Waals surface area contributed by atoms with E-state index in [1.54, 1.807) is 0 Å². The van der Waals surface area contributed by atoms with Crippen LogP contribution in [0.2, 0.25) is 0 Å². The molecule has 4 heteroatoms.